The van der Waals surface area contributed by atoms with Crippen molar-refractivity contribution in [2.24, 2.45) is 5.92 Å². The number of piperidine rings is 2. The number of nitrogens with two attached hydrogens (primary N) is 1. The van der Waals surface area contributed by atoms with Gasteiger partial charge in [0, 0.05) is 63.6 Å². The molecule has 1 unspecified atom stereocenters. The summed E-state index contributed by atoms with van der Waals surface area (Å²) in [6, 6.07) is 13.0. The monoisotopic (exact) mass is 816 g/mol. The van der Waals surface area contributed by atoms with Gasteiger partial charge < -0.3 is 16.0 Å². The van der Waals surface area contributed by atoms with Crippen molar-refractivity contribution in [3.63, 3.8) is 0 Å². The first-order valence-electron chi connectivity index (χ1n) is 18.7. The lowest BCUT2D eigenvalue weighted by atomic mass is 9.97. The van der Waals surface area contributed by atoms with Crippen LogP contribution in [0.15, 0.2) is 65.6 Å². The second kappa shape index (κ2) is 15.3. The number of sulfonamides is 1. The molecule has 4 aliphatic heterocycles. The number of nitrogen functional groups attached to an aromatic ring is 1. The minimum Gasteiger partial charge on any atom is -0.369 e. The van der Waals surface area contributed by atoms with Gasteiger partial charge in [-0.2, -0.15) is 14.0 Å². The molecule has 3 saturated heterocycles. The molecule has 4 amide bonds. The number of hydrogen-bond donors (Lipinski definition) is 3. The number of amides is 4. The number of benzene rings is 3. The average Bonchev–Trinajstić information content (AvgIpc) is 3.69. The SMILES string of the molecule is Nc1nc(Nc2ccc(S(=O)(=O)N3CCC(CN4CCN(c5ccc6c(c5)C(=O)N(C5CCC(=O)NC5=O)C6=O)CC4)CC3)cc2)nn1C(=O)c1c(F)cccc1F. The minimum atomic E-state index is -3.79. The lowest BCUT2D eigenvalue weighted by Crippen LogP contribution is -2.54. The highest BCUT2D eigenvalue weighted by Crippen LogP contribution is 2.32. The van der Waals surface area contributed by atoms with Gasteiger partial charge in [-0.05, 0) is 79.8 Å². The van der Waals surface area contributed by atoms with Gasteiger partial charge in [0.2, 0.25) is 33.7 Å². The summed E-state index contributed by atoms with van der Waals surface area (Å²) in [5.74, 6) is -5.70. The van der Waals surface area contributed by atoms with Crippen molar-refractivity contribution < 1.29 is 41.2 Å². The van der Waals surface area contributed by atoms with Crippen molar-refractivity contribution in [2.75, 3.05) is 61.8 Å². The molecule has 8 rings (SSSR count). The number of nitrogens with zero attached hydrogens (tertiary/aromatic N) is 7. The van der Waals surface area contributed by atoms with Crippen molar-refractivity contribution in [3.8, 4) is 0 Å². The molecule has 5 heterocycles. The third-order valence-electron chi connectivity index (χ3n) is 11.0. The molecule has 58 heavy (non-hydrogen) atoms. The molecule has 17 nitrogen and oxygen atoms in total. The Hall–Kier alpha value is -6.12. The number of carbonyl (C=O) groups excluding carboxylic acids is 5. The van der Waals surface area contributed by atoms with Crippen molar-refractivity contribution in [1.82, 2.24) is 34.2 Å². The highest BCUT2D eigenvalue weighted by atomic mass is 32.2. The third kappa shape index (κ3) is 7.29. The Morgan fingerprint density at radius 2 is 1.53 bits per heavy atom. The number of halogens is 2. The van der Waals surface area contributed by atoms with Gasteiger partial charge >= 0.3 is 0 Å². The zero-order valence-corrected chi connectivity index (χ0v) is 31.8. The molecule has 302 valence electrons. The Bertz CT molecular complexity index is 2430. The zero-order chi connectivity index (χ0) is 40.9. The van der Waals surface area contributed by atoms with Crippen LogP contribution in [0.5, 0.6) is 0 Å². The van der Waals surface area contributed by atoms with Gasteiger partial charge in [-0.3, -0.25) is 39.1 Å². The predicted molar refractivity (Wildman–Crippen MR) is 203 cm³/mol. The zero-order valence-electron chi connectivity index (χ0n) is 30.9. The molecule has 3 fully saturated rings. The van der Waals surface area contributed by atoms with E-state index in [9.17, 15) is 41.2 Å². The summed E-state index contributed by atoms with van der Waals surface area (Å²) in [7, 11) is -3.79. The summed E-state index contributed by atoms with van der Waals surface area (Å²) in [6.45, 7) is 4.43. The number of piperazine rings is 1. The van der Waals surface area contributed by atoms with Crippen LogP contribution in [0.3, 0.4) is 0 Å². The maximum atomic E-state index is 14.2. The van der Waals surface area contributed by atoms with Crippen molar-refractivity contribution in [2.45, 2.75) is 36.6 Å². The number of aromatic nitrogens is 3. The van der Waals surface area contributed by atoms with Crippen molar-refractivity contribution in [3.05, 3.63) is 89.0 Å². The second-order valence-electron chi connectivity index (χ2n) is 14.6. The second-order valence-corrected chi connectivity index (χ2v) is 16.5. The minimum absolute atomic E-state index is 0.0539. The lowest BCUT2D eigenvalue weighted by Gasteiger charge is -2.39. The van der Waals surface area contributed by atoms with Crippen LogP contribution in [0.25, 0.3) is 0 Å². The van der Waals surface area contributed by atoms with E-state index in [2.05, 4.69) is 30.5 Å². The van der Waals surface area contributed by atoms with Crippen LogP contribution in [-0.2, 0) is 19.6 Å². The first kappa shape index (κ1) is 38.7. The van der Waals surface area contributed by atoms with E-state index < -0.39 is 68.7 Å². The maximum Gasteiger partial charge on any atom is 0.287 e. The molecule has 0 saturated carbocycles. The molecular formula is C38H38F2N10O7S. The Morgan fingerprint density at radius 1 is 0.862 bits per heavy atom. The summed E-state index contributed by atoms with van der Waals surface area (Å²) < 4.78 is 57.4. The van der Waals surface area contributed by atoms with Gasteiger partial charge in [0.05, 0.1) is 16.0 Å². The standard InChI is InChI=1S/C38H38F2N10O7S/c39-28-2-1-3-29(40)32(28)36(55)50-37(41)44-38(45-50)42-23-4-7-25(8-5-23)58(56,57)48-14-12-22(13-15-48)21-46-16-18-47(19-17-46)24-6-9-26-27(20-24)35(54)49(34(26)53)30-10-11-31(51)43-33(30)52/h1-9,20,22,30H,10-19,21H2,(H,43,51,52)(H3,41,42,44,45). The van der Waals surface area contributed by atoms with E-state index in [-0.39, 0.29) is 34.8 Å². The van der Waals surface area contributed by atoms with Gasteiger partial charge in [-0.15, -0.1) is 5.10 Å². The largest absolute Gasteiger partial charge is 0.369 e. The molecule has 4 aromatic rings. The van der Waals surface area contributed by atoms with Crippen LogP contribution in [0.2, 0.25) is 0 Å². The summed E-state index contributed by atoms with van der Waals surface area (Å²) in [5, 5.41) is 8.95. The highest BCUT2D eigenvalue weighted by molar-refractivity contribution is 7.89. The number of hydrogen-bond acceptors (Lipinski definition) is 13. The summed E-state index contributed by atoms with van der Waals surface area (Å²) in [4.78, 5) is 72.6. The van der Waals surface area contributed by atoms with Crippen LogP contribution in [0.4, 0.5) is 32.1 Å². The molecule has 4 N–H and O–H groups in total. The van der Waals surface area contributed by atoms with E-state index in [0.29, 0.717) is 55.3 Å². The lowest BCUT2D eigenvalue weighted by molar-refractivity contribution is -0.136. The number of anilines is 4. The van der Waals surface area contributed by atoms with Gasteiger partial charge in [-0.25, -0.2) is 17.2 Å². The van der Waals surface area contributed by atoms with Gasteiger partial charge in [0.25, 0.3) is 17.7 Å². The molecule has 0 spiro atoms. The Kier molecular flexibility index (Phi) is 10.2. The van der Waals surface area contributed by atoms with E-state index in [1.807, 2.05) is 0 Å². The molecule has 20 heteroatoms. The average molecular weight is 817 g/mol. The van der Waals surface area contributed by atoms with Crippen LogP contribution < -0.4 is 21.3 Å². The fourth-order valence-corrected chi connectivity index (χ4v) is 9.33. The predicted octanol–water partition coefficient (Wildman–Crippen LogP) is 2.19. The van der Waals surface area contributed by atoms with Gasteiger partial charge in [0.1, 0.15) is 23.2 Å². The van der Waals surface area contributed by atoms with Crippen LogP contribution >= 0.6 is 0 Å². The number of rotatable bonds is 9. The smallest absolute Gasteiger partial charge is 0.287 e. The molecule has 4 aliphatic rings. The maximum absolute atomic E-state index is 14.2. The van der Waals surface area contributed by atoms with Crippen LogP contribution in [0.1, 0.15) is 56.8 Å². The van der Waals surface area contributed by atoms with Crippen molar-refractivity contribution >= 4 is 62.8 Å². The van der Waals surface area contributed by atoms with Crippen LogP contribution in [0, 0.1) is 17.6 Å². The molecule has 3 aromatic carbocycles. The first-order chi connectivity index (χ1) is 27.8. The summed E-state index contributed by atoms with van der Waals surface area (Å²) in [6.07, 6.45) is 1.53. The van der Waals surface area contributed by atoms with E-state index in [1.165, 1.54) is 28.6 Å². The van der Waals surface area contributed by atoms with Crippen molar-refractivity contribution in [1.29, 1.82) is 0 Å². The number of fused-ring (bicyclic) bond motifs is 1. The third-order valence-corrected chi connectivity index (χ3v) is 12.9. The van der Waals surface area contributed by atoms with E-state index in [0.717, 1.165) is 48.4 Å². The van der Waals surface area contributed by atoms with Gasteiger partial charge in [-0.1, -0.05) is 6.07 Å². The van der Waals surface area contributed by atoms with E-state index in [4.69, 9.17) is 5.73 Å². The summed E-state index contributed by atoms with van der Waals surface area (Å²) in [5.41, 5.74) is 6.63. The Labute approximate surface area is 330 Å². The Morgan fingerprint density at radius 3 is 2.21 bits per heavy atom. The molecule has 0 aliphatic carbocycles. The molecule has 0 radical (unpaired) electrons. The number of nitrogens with one attached hydrogen (secondary N) is 2. The quantitative estimate of drug-likeness (QED) is 0.207. The van der Waals surface area contributed by atoms with E-state index >= 15 is 0 Å². The first-order valence-corrected chi connectivity index (χ1v) is 20.1. The van der Waals surface area contributed by atoms with Crippen LogP contribution in [-0.4, -0.2) is 119 Å². The summed E-state index contributed by atoms with van der Waals surface area (Å²) >= 11 is 0. The Balaban J connectivity index is 0.814. The normalized spacial score (nSPS) is 19.7. The van der Waals surface area contributed by atoms with Gasteiger partial charge in [0.15, 0.2) is 0 Å². The molecular weight excluding hydrogens is 779 g/mol. The topological polar surface area (TPSA) is 213 Å². The highest BCUT2D eigenvalue weighted by Gasteiger charge is 2.45. The number of carbonyl (C=O) groups is 5. The molecule has 0 bridgehead atoms. The fraction of sp³-hybridized carbons (Fsp3) is 0.342. The molecule has 1 atom stereocenters. The molecule has 1 aromatic heterocycles. The number of imide groups is 2. The van der Waals surface area contributed by atoms with E-state index in [1.54, 1.807) is 18.2 Å². The fourth-order valence-electron chi connectivity index (χ4n) is 7.86.